The molecule has 0 heterocycles. The number of likely N-dealkylation sites (N-methyl/N-ethyl adjacent to an activating group) is 1. The molecule has 0 fully saturated rings. The van der Waals surface area contributed by atoms with Gasteiger partial charge in [-0.2, -0.15) is 0 Å². The minimum atomic E-state index is -3.97. The molecule has 40 heavy (non-hydrogen) atoms. The number of halogens is 2. The normalized spacial score (nSPS) is 11.8. The average molecular weight is 609 g/mol. The van der Waals surface area contributed by atoms with Crippen molar-refractivity contribution < 1.29 is 27.5 Å². The number of rotatable bonds is 12. The predicted octanol–water partition coefficient (Wildman–Crippen LogP) is 4.16. The fourth-order valence-corrected chi connectivity index (χ4v) is 5.46. The monoisotopic (exact) mass is 607 g/mol. The molecule has 214 valence electrons. The lowest BCUT2D eigenvalue weighted by Gasteiger charge is -2.33. The molecule has 0 aliphatic rings. The van der Waals surface area contributed by atoms with E-state index in [0.29, 0.717) is 21.4 Å². The van der Waals surface area contributed by atoms with Gasteiger partial charge in [-0.3, -0.25) is 13.9 Å². The first kappa shape index (κ1) is 31.1. The maximum Gasteiger partial charge on any atom is 0.244 e. The van der Waals surface area contributed by atoms with Crippen LogP contribution in [0.1, 0.15) is 11.1 Å². The Labute approximate surface area is 244 Å². The van der Waals surface area contributed by atoms with Crippen LogP contribution in [0.15, 0.2) is 66.7 Å². The van der Waals surface area contributed by atoms with Gasteiger partial charge in [0.15, 0.2) is 0 Å². The van der Waals surface area contributed by atoms with Gasteiger partial charge in [-0.15, -0.1) is 0 Å². The number of carbonyl (C=O) groups is 2. The molecule has 9 nitrogen and oxygen atoms in total. The highest BCUT2D eigenvalue weighted by Crippen LogP contribution is 2.34. The topological polar surface area (TPSA) is 105 Å². The lowest BCUT2D eigenvalue weighted by molar-refractivity contribution is -0.139. The lowest BCUT2D eigenvalue weighted by atomic mass is 10.0. The average Bonchev–Trinajstić information content (AvgIpc) is 2.93. The van der Waals surface area contributed by atoms with Gasteiger partial charge < -0.3 is 19.7 Å². The van der Waals surface area contributed by atoms with E-state index in [-0.39, 0.29) is 24.4 Å². The highest BCUT2D eigenvalue weighted by Gasteiger charge is 2.33. The number of sulfonamides is 1. The molecule has 12 heteroatoms. The van der Waals surface area contributed by atoms with E-state index in [9.17, 15) is 18.0 Å². The van der Waals surface area contributed by atoms with Crippen molar-refractivity contribution in [3.8, 4) is 11.5 Å². The van der Waals surface area contributed by atoms with Crippen LogP contribution in [0.5, 0.6) is 11.5 Å². The van der Waals surface area contributed by atoms with Crippen LogP contribution in [0.2, 0.25) is 10.0 Å². The summed E-state index contributed by atoms with van der Waals surface area (Å²) in [5.41, 5.74) is 1.49. The molecule has 0 bridgehead atoms. The Morgan fingerprint density at radius 2 is 1.68 bits per heavy atom. The number of carbonyl (C=O) groups excluding carboxylic acids is 2. The van der Waals surface area contributed by atoms with Crippen LogP contribution >= 0.6 is 23.2 Å². The largest absolute Gasteiger partial charge is 0.497 e. The molecule has 0 aliphatic heterocycles. The van der Waals surface area contributed by atoms with Crippen LogP contribution in [-0.2, 0) is 32.6 Å². The van der Waals surface area contributed by atoms with E-state index >= 15 is 0 Å². The van der Waals surface area contributed by atoms with Crippen LogP contribution < -0.4 is 19.1 Å². The summed E-state index contributed by atoms with van der Waals surface area (Å²) in [5, 5.41) is 3.34. The van der Waals surface area contributed by atoms with E-state index in [2.05, 4.69) is 5.32 Å². The highest BCUT2D eigenvalue weighted by atomic mass is 35.5. The summed E-state index contributed by atoms with van der Waals surface area (Å²) < 4.78 is 37.5. The molecule has 1 atom stereocenters. The molecule has 3 aromatic rings. The highest BCUT2D eigenvalue weighted by molar-refractivity contribution is 7.92. The molecule has 0 radical (unpaired) electrons. The number of hydrogen-bond acceptors (Lipinski definition) is 6. The first-order valence-electron chi connectivity index (χ1n) is 12.2. The van der Waals surface area contributed by atoms with Crippen molar-refractivity contribution in [3.05, 3.63) is 87.9 Å². The molecule has 0 saturated carbocycles. The quantitative estimate of drug-likeness (QED) is 0.331. The van der Waals surface area contributed by atoms with E-state index in [1.807, 2.05) is 30.3 Å². The smallest absolute Gasteiger partial charge is 0.244 e. The van der Waals surface area contributed by atoms with Gasteiger partial charge in [-0.1, -0.05) is 59.6 Å². The Morgan fingerprint density at radius 3 is 2.25 bits per heavy atom. The molecule has 0 aromatic heterocycles. The summed E-state index contributed by atoms with van der Waals surface area (Å²) in [6.07, 6.45) is 1.17. The minimum Gasteiger partial charge on any atom is -0.497 e. The summed E-state index contributed by atoms with van der Waals surface area (Å²) in [6.45, 7) is -0.674. The van der Waals surface area contributed by atoms with E-state index in [4.69, 9.17) is 32.7 Å². The molecular formula is C28H31Cl2N3O6S. The summed E-state index contributed by atoms with van der Waals surface area (Å²) in [4.78, 5) is 28.6. The number of hydrogen-bond donors (Lipinski definition) is 1. The van der Waals surface area contributed by atoms with Gasteiger partial charge in [0.25, 0.3) is 0 Å². The molecule has 0 unspecified atom stereocenters. The fourth-order valence-electron chi connectivity index (χ4n) is 4.14. The van der Waals surface area contributed by atoms with Crippen molar-refractivity contribution in [2.24, 2.45) is 0 Å². The third-order valence-corrected chi connectivity index (χ3v) is 7.92. The zero-order valence-electron chi connectivity index (χ0n) is 22.6. The van der Waals surface area contributed by atoms with Gasteiger partial charge in [0.2, 0.25) is 21.8 Å². The van der Waals surface area contributed by atoms with E-state index in [1.54, 1.807) is 18.2 Å². The second kappa shape index (κ2) is 13.7. The van der Waals surface area contributed by atoms with Crippen molar-refractivity contribution in [1.82, 2.24) is 10.2 Å². The number of ether oxygens (including phenoxy) is 2. The Bertz CT molecular complexity index is 1450. The summed E-state index contributed by atoms with van der Waals surface area (Å²) in [7, 11) is 0.356. The van der Waals surface area contributed by atoms with Crippen molar-refractivity contribution in [3.63, 3.8) is 0 Å². The molecule has 0 spiro atoms. The number of benzene rings is 3. The lowest BCUT2D eigenvalue weighted by Crippen LogP contribution is -2.53. The maximum absolute atomic E-state index is 14.0. The number of methoxy groups -OCH3 is 2. The zero-order chi connectivity index (χ0) is 29.4. The van der Waals surface area contributed by atoms with Gasteiger partial charge in [0.05, 0.1) is 26.2 Å². The van der Waals surface area contributed by atoms with E-state index in [0.717, 1.165) is 16.1 Å². The van der Waals surface area contributed by atoms with Gasteiger partial charge in [0.1, 0.15) is 24.1 Å². The molecule has 1 N–H and O–H groups in total. The predicted molar refractivity (Wildman–Crippen MR) is 157 cm³/mol. The van der Waals surface area contributed by atoms with Crippen LogP contribution in [0, 0.1) is 0 Å². The molecule has 0 aliphatic carbocycles. The Morgan fingerprint density at radius 1 is 0.975 bits per heavy atom. The summed E-state index contributed by atoms with van der Waals surface area (Å²) in [6, 6.07) is 17.6. The SMILES string of the molecule is CNC(=O)[C@H](Cc1ccccc1)N(Cc1ccc(Cl)cc1Cl)C(=O)CN(c1ccc(OC)cc1OC)S(C)(=O)=O. The van der Waals surface area contributed by atoms with Crippen LogP contribution in [0.3, 0.4) is 0 Å². The Kier molecular flexibility index (Phi) is 10.7. The first-order valence-corrected chi connectivity index (χ1v) is 14.8. The maximum atomic E-state index is 14.0. The van der Waals surface area contributed by atoms with E-state index in [1.165, 1.54) is 44.4 Å². The fraction of sp³-hybridized carbons (Fsp3) is 0.286. The van der Waals surface area contributed by atoms with Crippen molar-refractivity contribution >= 4 is 50.7 Å². The molecule has 2 amide bonds. The third-order valence-electron chi connectivity index (χ3n) is 6.21. The number of nitrogens with one attached hydrogen (secondary N) is 1. The van der Waals surface area contributed by atoms with Crippen LogP contribution in [-0.4, -0.2) is 65.2 Å². The molecule has 3 aromatic carbocycles. The zero-order valence-corrected chi connectivity index (χ0v) is 24.9. The number of nitrogens with zero attached hydrogens (tertiary/aromatic N) is 2. The minimum absolute atomic E-state index is 0.0723. The summed E-state index contributed by atoms with van der Waals surface area (Å²) in [5.74, 6) is -0.409. The molecule has 0 saturated heterocycles. The first-order chi connectivity index (χ1) is 19.0. The number of anilines is 1. The van der Waals surface area contributed by atoms with Gasteiger partial charge in [-0.05, 0) is 35.4 Å². The number of amides is 2. The molecule has 3 rings (SSSR count). The van der Waals surface area contributed by atoms with Crippen molar-refractivity contribution in [2.45, 2.75) is 19.0 Å². The Balaban J connectivity index is 2.09. The van der Waals surface area contributed by atoms with Crippen molar-refractivity contribution in [1.29, 1.82) is 0 Å². The van der Waals surface area contributed by atoms with Crippen LogP contribution in [0.25, 0.3) is 0 Å². The van der Waals surface area contributed by atoms with Crippen molar-refractivity contribution in [2.75, 3.05) is 38.4 Å². The van der Waals surface area contributed by atoms with E-state index < -0.39 is 34.4 Å². The van der Waals surface area contributed by atoms with Gasteiger partial charge in [0, 0.05) is 36.1 Å². The standard InChI is InChI=1S/C28H31Cl2N3O6S/c1-31-28(35)25(14-19-8-6-5-7-9-19)32(17-20-10-11-21(29)15-23(20)30)27(34)18-33(40(4,36)37)24-13-12-22(38-2)16-26(24)39-3/h5-13,15-16,25H,14,17-18H2,1-4H3,(H,31,35)/t25-/m0/s1. The van der Waals surface area contributed by atoms with Gasteiger partial charge in [-0.25, -0.2) is 8.42 Å². The second-order valence-corrected chi connectivity index (χ2v) is 11.6. The van der Waals surface area contributed by atoms with Crippen LogP contribution in [0.4, 0.5) is 5.69 Å². The second-order valence-electron chi connectivity index (χ2n) is 8.88. The summed E-state index contributed by atoms with van der Waals surface area (Å²) >= 11 is 12.5. The molecular weight excluding hydrogens is 577 g/mol. The third kappa shape index (κ3) is 7.80. The van der Waals surface area contributed by atoms with Gasteiger partial charge >= 0.3 is 0 Å². The Hall–Kier alpha value is -3.47.